The van der Waals surface area contributed by atoms with Gasteiger partial charge in [0.05, 0.1) is 17.5 Å². The third-order valence-corrected chi connectivity index (χ3v) is 5.30. The van der Waals surface area contributed by atoms with E-state index in [9.17, 15) is 8.42 Å². The summed E-state index contributed by atoms with van der Waals surface area (Å²) in [6.07, 6.45) is 1.47. The molecule has 2 unspecified atom stereocenters. The summed E-state index contributed by atoms with van der Waals surface area (Å²) in [6, 6.07) is -0.0833. The summed E-state index contributed by atoms with van der Waals surface area (Å²) in [7, 11) is -3.57. The lowest BCUT2D eigenvalue weighted by Crippen LogP contribution is -2.41. The van der Waals surface area contributed by atoms with Crippen molar-refractivity contribution in [2.45, 2.75) is 57.2 Å². The van der Waals surface area contributed by atoms with Crippen LogP contribution in [0.1, 0.15) is 38.1 Å². The van der Waals surface area contributed by atoms with Crippen LogP contribution in [0.4, 0.5) is 0 Å². The Morgan fingerprint density at radius 1 is 1.48 bits per heavy atom. The first kappa shape index (κ1) is 16.4. The predicted octanol–water partition coefficient (Wildman–Crippen LogP) is 0.673. The first-order valence-electron chi connectivity index (χ1n) is 7.32. The molecule has 0 aliphatic carbocycles. The summed E-state index contributed by atoms with van der Waals surface area (Å²) in [5, 5.41) is 9.97. The molecule has 0 bridgehead atoms. The van der Waals surface area contributed by atoms with Gasteiger partial charge < -0.3 is 10.1 Å². The highest BCUT2D eigenvalue weighted by atomic mass is 32.2. The number of aromatic nitrogens is 2. The van der Waals surface area contributed by atoms with Gasteiger partial charge in [0, 0.05) is 19.2 Å². The lowest BCUT2D eigenvalue weighted by molar-refractivity contribution is 0.0173. The largest absolute Gasteiger partial charge is 0.378 e. The van der Waals surface area contributed by atoms with E-state index >= 15 is 0 Å². The van der Waals surface area contributed by atoms with E-state index in [2.05, 4.69) is 20.2 Å². The van der Waals surface area contributed by atoms with Crippen LogP contribution in [0.2, 0.25) is 0 Å². The second kappa shape index (κ2) is 6.87. The maximum absolute atomic E-state index is 12.6. The van der Waals surface area contributed by atoms with Gasteiger partial charge in [-0.15, -0.1) is 0 Å². The molecule has 2 rings (SSSR count). The topological polar surface area (TPSA) is 96.1 Å². The maximum atomic E-state index is 12.6. The fraction of sp³-hybridized carbons (Fsp3) is 0.769. The zero-order chi connectivity index (χ0) is 15.5. The fourth-order valence-electron chi connectivity index (χ4n) is 2.57. The number of nitrogens with one attached hydrogen (secondary N) is 3. The number of sulfonamides is 1. The Labute approximate surface area is 125 Å². The quantitative estimate of drug-likeness (QED) is 0.717. The van der Waals surface area contributed by atoms with E-state index < -0.39 is 10.0 Å². The molecular weight excluding hydrogens is 292 g/mol. The third kappa shape index (κ3) is 4.03. The molecule has 0 aromatic carbocycles. The van der Waals surface area contributed by atoms with E-state index in [4.69, 9.17) is 4.74 Å². The van der Waals surface area contributed by atoms with E-state index in [0.717, 1.165) is 6.54 Å². The first-order valence-corrected chi connectivity index (χ1v) is 8.80. The molecule has 1 aliphatic rings. The summed E-state index contributed by atoms with van der Waals surface area (Å²) < 4.78 is 33.5. The van der Waals surface area contributed by atoms with Crippen molar-refractivity contribution in [3.63, 3.8) is 0 Å². The highest BCUT2D eigenvalue weighted by Gasteiger charge is 2.29. The monoisotopic (exact) mass is 316 g/mol. The summed E-state index contributed by atoms with van der Waals surface area (Å²) >= 11 is 0. The minimum atomic E-state index is -3.57. The minimum absolute atomic E-state index is 0.0816. The molecule has 1 fully saturated rings. The molecular formula is C13H24N4O3S. The molecule has 3 N–H and O–H groups in total. The van der Waals surface area contributed by atoms with Crippen LogP contribution in [0.3, 0.4) is 0 Å². The molecule has 120 valence electrons. The molecule has 2 heterocycles. The van der Waals surface area contributed by atoms with Crippen molar-refractivity contribution in [3.8, 4) is 0 Å². The summed E-state index contributed by atoms with van der Waals surface area (Å²) in [5.74, 6) is 0. The van der Waals surface area contributed by atoms with Crippen molar-refractivity contribution < 1.29 is 13.2 Å². The zero-order valence-electron chi connectivity index (χ0n) is 12.8. The summed E-state index contributed by atoms with van der Waals surface area (Å²) in [4.78, 5) is 0.266. The number of ether oxygens (including phenoxy) is 1. The Bertz CT molecular complexity index is 570. The molecule has 1 aromatic heterocycles. The lowest BCUT2D eigenvalue weighted by Gasteiger charge is -2.27. The van der Waals surface area contributed by atoms with E-state index in [1.54, 1.807) is 6.92 Å². The lowest BCUT2D eigenvalue weighted by atomic mass is 10.1. The molecule has 8 heteroatoms. The average molecular weight is 316 g/mol. The summed E-state index contributed by atoms with van der Waals surface area (Å²) in [5.41, 5.74) is 1.09. The maximum Gasteiger partial charge on any atom is 0.244 e. The molecule has 0 amide bonds. The van der Waals surface area contributed by atoms with Crippen molar-refractivity contribution in [1.29, 1.82) is 0 Å². The van der Waals surface area contributed by atoms with Crippen LogP contribution >= 0.6 is 0 Å². The Balaban J connectivity index is 2.17. The van der Waals surface area contributed by atoms with Crippen LogP contribution in [0.25, 0.3) is 0 Å². The Morgan fingerprint density at radius 2 is 2.24 bits per heavy atom. The van der Waals surface area contributed by atoms with Gasteiger partial charge in [-0.25, -0.2) is 13.1 Å². The second-order valence-corrected chi connectivity index (χ2v) is 7.08. The number of H-pyrrole nitrogens is 1. The van der Waals surface area contributed by atoms with Crippen LogP contribution in [-0.4, -0.2) is 43.9 Å². The number of rotatable bonds is 6. The van der Waals surface area contributed by atoms with E-state index in [1.165, 1.54) is 0 Å². The van der Waals surface area contributed by atoms with Gasteiger partial charge in [0.2, 0.25) is 10.0 Å². The Morgan fingerprint density at radius 3 is 2.90 bits per heavy atom. The van der Waals surface area contributed by atoms with Crippen molar-refractivity contribution in [3.05, 3.63) is 11.4 Å². The number of hydrogen-bond donors (Lipinski definition) is 3. The van der Waals surface area contributed by atoms with Gasteiger partial charge in [-0.2, -0.15) is 5.10 Å². The van der Waals surface area contributed by atoms with E-state index in [0.29, 0.717) is 37.4 Å². The van der Waals surface area contributed by atoms with Crippen LogP contribution in [0, 0.1) is 6.92 Å². The average Bonchev–Trinajstić information content (AvgIpc) is 2.77. The molecule has 0 radical (unpaired) electrons. The number of aromatic amines is 1. The molecule has 0 saturated carbocycles. The Hall–Kier alpha value is -0.960. The van der Waals surface area contributed by atoms with Crippen LogP contribution < -0.4 is 10.0 Å². The molecule has 0 spiro atoms. The van der Waals surface area contributed by atoms with Gasteiger partial charge in [-0.1, -0.05) is 6.92 Å². The van der Waals surface area contributed by atoms with Gasteiger partial charge in [0.25, 0.3) is 0 Å². The fourth-order valence-corrected chi connectivity index (χ4v) is 4.22. The van der Waals surface area contributed by atoms with Gasteiger partial charge in [0.15, 0.2) is 0 Å². The zero-order valence-corrected chi connectivity index (χ0v) is 13.6. The molecule has 21 heavy (non-hydrogen) atoms. The minimum Gasteiger partial charge on any atom is -0.378 e. The van der Waals surface area contributed by atoms with Crippen molar-refractivity contribution in [1.82, 2.24) is 20.2 Å². The van der Waals surface area contributed by atoms with Gasteiger partial charge in [-0.05, 0) is 33.2 Å². The molecule has 1 aliphatic heterocycles. The second-order valence-electron chi connectivity index (χ2n) is 5.43. The van der Waals surface area contributed by atoms with Crippen molar-refractivity contribution in [2.24, 2.45) is 0 Å². The number of hydrogen-bond acceptors (Lipinski definition) is 5. The van der Waals surface area contributed by atoms with Gasteiger partial charge >= 0.3 is 0 Å². The normalized spacial score (nSPS) is 23.4. The predicted molar refractivity (Wildman–Crippen MR) is 79.5 cm³/mol. The molecule has 7 nitrogen and oxygen atoms in total. The van der Waals surface area contributed by atoms with E-state index in [-0.39, 0.29) is 17.0 Å². The van der Waals surface area contributed by atoms with Crippen LogP contribution in [-0.2, 0) is 21.3 Å². The van der Waals surface area contributed by atoms with Crippen LogP contribution in [0.5, 0.6) is 0 Å². The van der Waals surface area contributed by atoms with Crippen LogP contribution in [0.15, 0.2) is 4.90 Å². The molecule has 2 atom stereocenters. The molecule has 1 aromatic rings. The Kier molecular flexibility index (Phi) is 5.37. The number of nitrogens with zero attached hydrogens (tertiary/aromatic N) is 1. The highest BCUT2D eigenvalue weighted by Crippen LogP contribution is 2.21. The molecule has 1 saturated heterocycles. The first-order chi connectivity index (χ1) is 9.94. The SMILES string of the molecule is CCNCc1n[nH]c(C)c1S(=O)(=O)NC1CCOC(C)C1. The number of aryl methyl sites for hydroxylation is 1. The van der Waals surface area contributed by atoms with Crippen molar-refractivity contribution in [2.75, 3.05) is 13.2 Å². The third-order valence-electron chi connectivity index (χ3n) is 3.58. The standard InChI is InChI=1S/C13H24N4O3S/c1-4-14-8-12-13(10(3)15-16-12)21(18,19)17-11-5-6-20-9(2)7-11/h9,11,14,17H,4-8H2,1-3H3,(H,15,16). The highest BCUT2D eigenvalue weighted by molar-refractivity contribution is 7.89. The van der Waals surface area contributed by atoms with E-state index in [1.807, 2.05) is 13.8 Å². The summed E-state index contributed by atoms with van der Waals surface area (Å²) in [6.45, 7) is 7.43. The smallest absolute Gasteiger partial charge is 0.244 e. The van der Waals surface area contributed by atoms with Crippen molar-refractivity contribution >= 4 is 10.0 Å². The van der Waals surface area contributed by atoms with Gasteiger partial charge in [0.1, 0.15) is 4.90 Å². The van der Waals surface area contributed by atoms with Gasteiger partial charge in [-0.3, -0.25) is 5.10 Å².